The molecule has 2 aromatic carbocycles. The van der Waals surface area contributed by atoms with Crippen molar-refractivity contribution in [2.45, 2.75) is 0 Å². The Morgan fingerprint density at radius 2 is 2.05 bits per heavy atom. The van der Waals surface area contributed by atoms with E-state index in [9.17, 15) is 4.79 Å². The van der Waals surface area contributed by atoms with E-state index in [4.69, 9.17) is 16.9 Å². The highest BCUT2D eigenvalue weighted by atomic mass is 127. The number of carbonyl (C=O) groups excluding carboxylic acids is 1. The maximum Gasteiger partial charge on any atom is 0.255 e. The molecule has 0 aliphatic carbocycles. The molecule has 0 unspecified atom stereocenters. The molecule has 2 aromatic rings. The van der Waals surface area contributed by atoms with E-state index >= 15 is 0 Å². The molecule has 0 atom stereocenters. The van der Waals surface area contributed by atoms with Crippen LogP contribution in [-0.4, -0.2) is 5.91 Å². The van der Waals surface area contributed by atoms with Crippen molar-refractivity contribution in [3.8, 4) is 6.07 Å². The summed E-state index contributed by atoms with van der Waals surface area (Å²) in [7, 11) is 0. The highest BCUT2D eigenvalue weighted by Crippen LogP contribution is 2.24. The molecule has 0 aliphatic heterocycles. The van der Waals surface area contributed by atoms with Crippen LogP contribution < -0.4 is 5.32 Å². The molecule has 0 aromatic heterocycles. The zero-order valence-electron chi connectivity index (χ0n) is 9.65. The van der Waals surface area contributed by atoms with E-state index in [0.717, 1.165) is 3.57 Å². The second-order valence-electron chi connectivity index (χ2n) is 3.77. The van der Waals surface area contributed by atoms with Gasteiger partial charge in [-0.25, -0.2) is 0 Å². The van der Waals surface area contributed by atoms with Gasteiger partial charge in [0.05, 0.1) is 22.3 Å². The lowest BCUT2D eigenvalue weighted by Crippen LogP contribution is -2.12. The fourth-order valence-corrected chi connectivity index (χ4v) is 2.42. The Morgan fingerprint density at radius 1 is 1.26 bits per heavy atom. The average Bonchev–Trinajstić information content (AvgIpc) is 2.42. The summed E-state index contributed by atoms with van der Waals surface area (Å²) in [5, 5.41) is 12.0. The third kappa shape index (κ3) is 3.46. The van der Waals surface area contributed by atoms with Gasteiger partial charge in [-0.05, 0) is 59.0 Å². The first-order valence-corrected chi connectivity index (χ1v) is 6.82. The van der Waals surface area contributed by atoms with Crippen LogP contribution in [0.2, 0.25) is 5.02 Å². The van der Waals surface area contributed by atoms with Crippen molar-refractivity contribution in [3.05, 3.63) is 62.2 Å². The van der Waals surface area contributed by atoms with E-state index in [0.29, 0.717) is 21.8 Å². The van der Waals surface area contributed by atoms with Crippen LogP contribution in [0.4, 0.5) is 5.69 Å². The molecule has 1 amide bonds. The number of anilines is 1. The largest absolute Gasteiger partial charge is 0.321 e. The molecule has 19 heavy (non-hydrogen) atoms. The minimum atomic E-state index is -0.291. The van der Waals surface area contributed by atoms with Crippen LogP contribution in [-0.2, 0) is 0 Å². The molecule has 0 spiro atoms. The Labute approximate surface area is 129 Å². The highest BCUT2D eigenvalue weighted by Gasteiger charge is 2.09. The van der Waals surface area contributed by atoms with Gasteiger partial charge in [0.15, 0.2) is 0 Å². The molecule has 1 N–H and O–H groups in total. The van der Waals surface area contributed by atoms with E-state index in [1.54, 1.807) is 30.3 Å². The summed E-state index contributed by atoms with van der Waals surface area (Å²) in [6.45, 7) is 0. The lowest BCUT2D eigenvalue weighted by atomic mass is 10.1. The number of nitrogens with zero attached hydrogens (tertiary/aromatic N) is 1. The van der Waals surface area contributed by atoms with Crippen molar-refractivity contribution in [2.24, 2.45) is 0 Å². The molecular weight excluding hydrogens is 375 g/mol. The summed E-state index contributed by atoms with van der Waals surface area (Å²) in [6, 6.07) is 13.9. The van der Waals surface area contributed by atoms with E-state index in [-0.39, 0.29) is 5.91 Å². The van der Waals surface area contributed by atoms with E-state index in [1.165, 1.54) is 6.07 Å². The molecule has 3 nitrogen and oxygen atoms in total. The number of carbonyl (C=O) groups is 1. The first-order valence-electron chi connectivity index (χ1n) is 5.37. The summed E-state index contributed by atoms with van der Waals surface area (Å²) in [6.07, 6.45) is 0. The molecular formula is C14H8ClIN2O. The number of rotatable bonds is 2. The fourth-order valence-electron chi connectivity index (χ4n) is 1.52. The molecule has 94 valence electrons. The lowest BCUT2D eigenvalue weighted by molar-refractivity contribution is 0.102. The molecule has 0 fully saturated rings. The van der Waals surface area contributed by atoms with Crippen molar-refractivity contribution in [3.63, 3.8) is 0 Å². The minimum Gasteiger partial charge on any atom is -0.321 e. The van der Waals surface area contributed by atoms with Crippen molar-refractivity contribution in [2.75, 3.05) is 5.32 Å². The van der Waals surface area contributed by atoms with Crippen LogP contribution in [0.5, 0.6) is 0 Å². The summed E-state index contributed by atoms with van der Waals surface area (Å²) < 4.78 is 0.993. The van der Waals surface area contributed by atoms with E-state index < -0.39 is 0 Å². The highest BCUT2D eigenvalue weighted by molar-refractivity contribution is 14.1. The molecule has 0 bridgehead atoms. The lowest BCUT2D eigenvalue weighted by Gasteiger charge is -2.07. The fraction of sp³-hybridized carbons (Fsp3) is 0. The summed E-state index contributed by atoms with van der Waals surface area (Å²) in [5.74, 6) is -0.291. The van der Waals surface area contributed by atoms with Crippen LogP contribution >= 0.6 is 34.2 Å². The van der Waals surface area contributed by atoms with Crippen molar-refractivity contribution >= 4 is 45.8 Å². The Kier molecular flexibility index (Phi) is 4.40. The Hall–Kier alpha value is -1.58. The number of hydrogen-bond donors (Lipinski definition) is 1. The maximum absolute atomic E-state index is 12.0. The van der Waals surface area contributed by atoms with Gasteiger partial charge in [-0.15, -0.1) is 0 Å². The van der Waals surface area contributed by atoms with Gasteiger partial charge in [0, 0.05) is 9.13 Å². The van der Waals surface area contributed by atoms with Gasteiger partial charge < -0.3 is 5.32 Å². The molecule has 0 aliphatic rings. The first-order chi connectivity index (χ1) is 9.10. The Morgan fingerprint density at radius 3 is 2.74 bits per heavy atom. The standard InChI is InChI=1S/C14H8ClIN2O/c15-12-7-11(16)4-5-13(12)18-14(19)10-3-1-2-9(6-10)8-17/h1-7H,(H,18,19). The number of halogens is 2. The van der Waals surface area contributed by atoms with E-state index in [1.807, 2.05) is 12.1 Å². The summed E-state index contributed by atoms with van der Waals surface area (Å²) in [4.78, 5) is 12.0. The van der Waals surface area contributed by atoms with Gasteiger partial charge in [-0.3, -0.25) is 4.79 Å². The topological polar surface area (TPSA) is 52.9 Å². The summed E-state index contributed by atoms with van der Waals surface area (Å²) in [5.41, 5.74) is 1.42. The molecule has 5 heteroatoms. The number of hydrogen-bond acceptors (Lipinski definition) is 2. The first kappa shape index (κ1) is 13.8. The molecule has 0 saturated heterocycles. The van der Waals surface area contributed by atoms with E-state index in [2.05, 4.69) is 27.9 Å². The number of nitrogens with one attached hydrogen (secondary N) is 1. The van der Waals surface area contributed by atoms with Crippen molar-refractivity contribution in [1.82, 2.24) is 0 Å². The third-order valence-electron chi connectivity index (χ3n) is 2.43. The van der Waals surface area contributed by atoms with Gasteiger partial charge in [0.1, 0.15) is 0 Å². The monoisotopic (exact) mass is 382 g/mol. The van der Waals surface area contributed by atoms with Crippen LogP contribution in [0.25, 0.3) is 0 Å². The zero-order chi connectivity index (χ0) is 13.8. The second kappa shape index (κ2) is 6.04. The predicted molar refractivity (Wildman–Crippen MR) is 83.3 cm³/mol. The normalized spacial score (nSPS) is 9.74. The van der Waals surface area contributed by atoms with Crippen LogP contribution in [0.15, 0.2) is 42.5 Å². The molecule has 0 heterocycles. The smallest absolute Gasteiger partial charge is 0.255 e. The minimum absolute atomic E-state index is 0.291. The quantitative estimate of drug-likeness (QED) is 0.796. The molecule has 0 radical (unpaired) electrons. The van der Waals surface area contributed by atoms with Crippen molar-refractivity contribution < 1.29 is 4.79 Å². The Balaban J connectivity index is 2.23. The van der Waals surface area contributed by atoms with Crippen LogP contribution in [0, 0.1) is 14.9 Å². The SMILES string of the molecule is N#Cc1cccc(C(=O)Nc2ccc(I)cc2Cl)c1. The third-order valence-corrected chi connectivity index (χ3v) is 3.42. The number of nitriles is 1. The van der Waals surface area contributed by atoms with Crippen LogP contribution in [0.3, 0.4) is 0 Å². The second-order valence-corrected chi connectivity index (χ2v) is 5.42. The van der Waals surface area contributed by atoms with Gasteiger partial charge in [0.25, 0.3) is 5.91 Å². The van der Waals surface area contributed by atoms with Crippen molar-refractivity contribution in [1.29, 1.82) is 5.26 Å². The predicted octanol–water partition coefficient (Wildman–Crippen LogP) is 4.07. The Bertz CT molecular complexity index is 679. The maximum atomic E-state index is 12.0. The van der Waals surface area contributed by atoms with Gasteiger partial charge in [-0.1, -0.05) is 17.7 Å². The summed E-state index contributed by atoms with van der Waals surface area (Å²) >= 11 is 8.19. The zero-order valence-corrected chi connectivity index (χ0v) is 12.6. The average molecular weight is 383 g/mol. The van der Waals surface area contributed by atoms with Gasteiger partial charge in [-0.2, -0.15) is 5.26 Å². The van der Waals surface area contributed by atoms with Crippen LogP contribution in [0.1, 0.15) is 15.9 Å². The van der Waals surface area contributed by atoms with Gasteiger partial charge in [0.2, 0.25) is 0 Å². The van der Waals surface area contributed by atoms with Gasteiger partial charge >= 0.3 is 0 Å². The number of amides is 1. The number of benzene rings is 2. The molecule has 2 rings (SSSR count). The molecule has 0 saturated carbocycles.